The van der Waals surface area contributed by atoms with Crippen LogP contribution in [0.15, 0.2) is 41.2 Å². The van der Waals surface area contributed by atoms with E-state index in [1.165, 1.54) is 0 Å². The molecule has 2 aromatic carbocycles. The lowest BCUT2D eigenvalue weighted by molar-refractivity contribution is 0.0148. The molecule has 1 unspecified atom stereocenters. The Bertz CT molecular complexity index is 1340. The van der Waals surface area contributed by atoms with E-state index in [4.69, 9.17) is 14.2 Å². The van der Waals surface area contributed by atoms with Crippen LogP contribution in [0.2, 0.25) is 0 Å². The second-order valence-corrected chi connectivity index (χ2v) is 10.5. The predicted molar refractivity (Wildman–Crippen MR) is 144 cm³/mol. The van der Waals surface area contributed by atoms with Crippen molar-refractivity contribution >= 4 is 17.0 Å². The minimum absolute atomic E-state index is 0.188. The molecule has 37 heavy (non-hydrogen) atoms. The number of carbonyl (C=O) groups is 1. The molecule has 8 nitrogen and oxygen atoms in total. The molecule has 0 fully saturated rings. The maximum absolute atomic E-state index is 13.2. The molecule has 2 heterocycles. The van der Waals surface area contributed by atoms with Gasteiger partial charge >= 0.3 is 6.09 Å². The monoisotopic (exact) mass is 507 g/mol. The second kappa shape index (κ2) is 10.8. The van der Waals surface area contributed by atoms with Crippen LogP contribution in [0.5, 0.6) is 11.5 Å². The SMILES string of the molecule is CCOc1ccccc1OCCN(C(=O)OC(C)(C)C)C(C)Cc1cc2c3c(c1)c(=O)nc(C)n3CC2. The van der Waals surface area contributed by atoms with Crippen molar-refractivity contribution in [1.29, 1.82) is 0 Å². The van der Waals surface area contributed by atoms with Gasteiger partial charge in [0.05, 0.1) is 24.1 Å². The fourth-order valence-electron chi connectivity index (χ4n) is 4.85. The van der Waals surface area contributed by atoms with Gasteiger partial charge in [-0.05, 0) is 83.7 Å². The topological polar surface area (TPSA) is 82.9 Å². The van der Waals surface area contributed by atoms with E-state index >= 15 is 0 Å². The largest absolute Gasteiger partial charge is 0.490 e. The Kier molecular flexibility index (Phi) is 7.76. The van der Waals surface area contributed by atoms with Gasteiger partial charge in [0.2, 0.25) is 0 Å². The zero-order valence-corrected chi connectivity index (χ0v) is 22.7. The Morgan fingerprint density at radius 3 is 2.54 bits per heavy atom. The summed E-state index contributed by atoms with van der Waals surface area (Å²) in [5.74, 6) is 2.06. The van der Waals surface area contributed by atoms with Gasteiger partial charge in [0.1, 0.15) is 18.0 Å². The number of aryl methyl sites for hydroxylation is 3. The van der Waals surface area contributed by atoms with Crippen molar-refractivity contribution in [3.63, 3.8) is 0 Å². The number of hydrogen-bond acceptors (Lipinski definition) is 6. The van der Waals surface area contributed by atoms with Crippen LogP contribution in [0.1, 0.15) is 51.6 Å². The third-order valence-corrected chi connectivity index (χ3v) is 6.44. The van der Waals surface area contributed by atoms with Crippen LogP contribution >= 0.6 is 0 Å². The van der Waals surface area contributed by atoms with E-state index in [2.05, 4.69) is 15.6 Å². The van der Waals surface area contributed by atoms with Crippen LogP contribution in [-0.4, -0.2) is 51.9 Å². The van der Waals surface area contributed by atoms with Crippen molar-refractivity contribution in [2.24, 2.45) is 0 Å². The van der Waals surface area contributed by atoms with E-state index in [0.717, 1.165) is 35.4 Å². The summed E-state index contributed by atoms with van der Waals surface area (Å²) in [7, 11) is 0. The molecule has 0 saturated heterocycles. The highest BCUT2D eigenvalue weighted by molar-refractivity contribution is 5.84. The van der Waals surface area contributed by atoms with Gasteiger partial charge in [0.25, 0.3) is 5.56 Å². The molecule has 1 aromatic heterocycles. The van der Waals surface area contributed by atoms with Crippen LogP contribution < -0.4 is 15.0 Å². The predicted octanol–water partition coefficient (Wildman–Crippen LogP) is 4.91. The molecule has 8 heteroatoms. The van der Waals surface area contributed by atoms with Crippen LogP contribution in [0.3, 0.4) is 0 Å². The lowest BCUT2D eigenvalue weighted by Gasteiger charge is -2.32. The fraction of sp³-hybridized carbons (Fsp3) is 0.483. The normalized spacial score (nSPS) is 13.5. The van der Waals surface area contributed by atoms with Gasteiger partial charge in [0, 0.05) is 12.6 Å². The molecule has 3 aromatic rings. The first-order valence-electron chi connectivity index (χ1n) is 12.9. The van der Waals surface area contributed by atoms with Crippen molar-refractivity contribution in [1.82, 2.24) is 14.5 Å². The average Bonchev–Trinajstić information content (AvgIpc) is 3.25. The highest BCUT2D eigenvalue weighted by atomic mass is 16.6. The highest BCUT2D eigenvalue weighted by Crippen LogP contribution is 2.28. The van der Waals surface area contributed by atoms with Gasteiger partial charge in [0.15, 0.2) is 11.5 Å². The number of hydrogen-bond donors (Lipinski definition) is 0. The molecule has 0 saturated carbocycles. The summed E-state index contributed by atoms with van der Waals surface area (Å²) in [6.07, 6.45) is 1.05. The average molecular weight is 508 g/mol. The van der Waals surface area contributed by atoms with Gasteiger partial charge in [-0.15, -0.1) is 0 Å². The van der Waals surface area contributed by atoms with Gasteiger partial charge in [-0.1, -0.05) is 18.2 Å². The summed E-state index contributed by atoms with van der Waals surface area (Å²) in [5.41, 5.74) is 2.32. The first-order valence-corrected chi connectivity index (χ1v) is 12.9. The Morgan fingerprint density at radius 1 is 1.16 bits per heavy atom. The maximum Gasteiger partial charge on any atom is 0.410 e. The molecule has 0 N–H and O–H groups in total. The minimum Gasteiger partial charge on any atom is -0.490 e. The van der Waals surface area contributed by atoms with E-state index in [0.29, 0.717) is 36.5 Å². The van der Waals surface area contributed by atoms with Gasteiger partial charge in [-0.25, -0.2) is 4.79 Å². The van der Waals surface area contributed by atoms with E-state index in [1.807, 2.05) is 71.9 Å². The number of ether oxygens (including phenoxy) is 3. The lowest BCUT2D eigenvalue weighted by atomic mass is 10.00. The minimum atomic E-state index is -0.624. The molecule has 1 aliphatic heterocycles. The van der Waals surface area contributed by atoms with Gasteiger partial charge in [-0.2, -0.15) is 4.98 Å². The van der Waals surface area contributed by atoms with E-state index in [-0.39, 0.29) is 18.2 Å². The van der Waals surface area contributed by atoms with E-state index < -0.39 is 11.7 Å². The summed E-state index contributed by atoms with van der Waals surface area (Å²) in [4.78, 5) is 31.8. The molecule has 1 amide bonds. The Hall–Kier alpha value is -3.55. The third kappa shape index (κ3) is 6.06. The lowest BCUT2D eigenvalue weighted by Crippen LogP contribution is -2.45. The summed E-state index contributed by atoms with van der Waals surface area (Å²) in [6, 6.07) is 11.4. The number of aromatic nitrogens is 2. The molecular weight excluding hydrogens is 470 g/mol. The first kappa shape index (κ1) is 26.5. The zero-order valence-electron chi connectivity index (χ0n) is 22.7. The quantitative estimate of drug-likeness (QED) is 0.409. The van der Waals surface area contributed by atoms with Crippen LogP contribution in [0.4, 0.5) is 4.79 Å². The molecule has 0 bridgehead atoms. The Morgan fingerprint density at radius 2 is 1.86 bits per heavy atom. The molecule has 0 spiro atoms. The number of nitrogens with zero attached hydrogens (tertiary/aromatic N) is 3. The molecule has 198 valence electrons. The third-order valence-electron chi connectivity index (χ3n) is 6.44. The van der Waals surface area contributed by atoms with Crippen molar-refractivity contribution in [2.45, 2.75) is 72.6 Å². The second-order valence-electron chi connectivity index (χ2n) is 10.5. The Balaban J connectivity index is 1.54. The summed E-state index contributed by atoms with van der Waals surface area (Å²) in [5, 5.41) is 0.641. The maximum atomic E-state index is 13.2. The molecule has 0 radical (unpaired) electrons. The summed E-state index contributed by atoms with van der Waals surface area (Å²) in [6.45, 7) is 13.3. The summed E-state index contributed by atoms with van der Waals surface area (Å²) >= 11 is 0. The van der Waals surface area contributed by atoms with Crippen molar-refractivity contribution < 1.29 is 19.0 Å². The summed E-state index contributed by atoms with van der Waals surface area (Å²) < 4.78 is 19.5. The van der Waals surface area contributed by atoms with E-state index in [1.54, 1.807) is 4.90 Å². The van der Waals surface area contributed by atoms with Gasteiger partial charge in [-0.3, -0.25) is 4.79 Å². The number of amides is 1. The molecular formula is C29H37N3O5. The number of para-hydroxylation sites is 2. The molecule has 0 aliphatic carbocycles. The van der Waals surface area contributed by atoms with Crippen LogP contribution in [-0.2, 0) is 24.1 Å². The zero-order chi connectivity index (χ0) is 26.7. The van der Waals surface area contributed by atoms with E-state index in [9.17, 15) is 9.59 Å². The first-order chi connectivity index (χ1) is 17.6. The van der Waals surface area contributed by atoms with Crippen molar-refractivity contribution in [3.05, 3.63) is 63.7 Å². The van der Waals surface area contributed by atoms with Crippen LogP contribution in [0.25, 0.3) is 10.9 Å². The smallest absolute Gasteiger partial charge is 0.410 e. The molecule has 1 atom stereocenters. The number of rotatable bonds is 9. The highest BCUT2D eigenvalue weighted by Gasteiger charge is 2.27. The molecule has 4 rings (SSSR count). The number of benzene rings is 2. The Labute approximate surface area is 218 Å². The van der Waals surface area contributed by atoms with Gasteiger partial charge < -0.3 is 23.7 Å². The van der Waals surface area contributed by atoms with Crippen molar-refractivity contribution in [3.8, 4) is 11.5 Å². The van der Waals surface area contributed by atoms with Crippen LogP contribution in [0, 0.1) is 6.92 Å². The molecule has 1 aliphatic rings. The fourth-order valence-corrected chi connectivity index (χ4v) is 4.85. The van der Waals surface area contributed by atoms with Crippen molar-refractivity contribution in [2.75, 3.05) is 19.8 Å². The number of carbonyl (C=O) groups excluding carboxylic acids is 1. The standard InChI is InChI=1S/C29H37N3O5/c1-7-35-24-10-8-9-11-25(24)36-15-14-31(28(34)37-29(4,5)6)19(2)16-21-17-22-12-13-32-20(3)30-27(33)23(18-21)26(22)32/h8-11,17-19H,7,12-16H2,1-6H3.